The summed E-state index contributed by atoms with van der Waals surface area (Å²) in [5.41, 5.74) is 2.56. The van der Waals surface area contributed by atoms with Crippen LogP contribution in [0.15, 0.2) is 18.2 Å². The quantitative estimate of drug-likeness (QED) is 0.697. The molecule has 25 heavy (non-hydrogen) atoms. The fourth-order valence-electron chi connectivity index (χ4n) is 6.98. The SMILES string of the molecule is CC(C)Oc1ccc(Cl)cc1CNC12CC3CC(C)(CC(C)(C3)C1)C2. The zero-order valence-electron chi connectivity index (χ0n) is 16.1. The average molecular weight is 362 g/mol. The Balaban J connectivity index is 1.55. The number of halogens is 1. The minimum Gasteiger partial charge on any atom is -0.491 e. The molecule has 0 amide bonds. The number of rotatable bonds is 5. The third-order valence-electron chi connectivity index (χ3n) is 6.67. The molecule has 4 aliphatic rings. The first-order chi connectivity index (χ1) is 11.7. The van der Waals surface area contributed by atoms with Gasteiger partial charge in [0.15, 0.2) is 0 Å². The van der Waals surface area contributed by atoms with Crippen LogP contribution in [0.1, 0.15) is 71.8 Å². The standard InChI is InChI=1S/C22H32ClNO/c1-15(2)25-19-6-5-18(23)7-17(19)11-24-22-10-16-8-20(3,13-22)12-21(4,9-16)14-22/h5-7,15-16,24H,8-14H2,1-4H3. The van der Waals surface area contributed by atoms with Crippen molar-refractivity contribution >= 4 is 11.6 Å². The van der Waals surface area contributed by atoms with Crippen LogP contribution < -0.4 is 10.1 Å². The lowest BCUT2D eigenvalue weighted by Crippen LogP contribution is -2.63. The highest BCUT2D eigenvalue weighted by Gasteiger charge is 2.59. The molecule has 4 fully saturated rings. The molecule has 0 spiro atoms. The molecule has 0 aromatic heterocycles. The van der Waals surface area contributed by atoms with Crippen molar-refractivity contribution in [1.82, 2.24) is 5.32 Å². The topological polar surface area (TPSA) is 21.3 Å². The van der Waals surface area contributed by atoms with Gasteiger partial charge >= 0.3 is 0 Å². The van der Waals surface area contributed by atoms with Crippen molar-refractivity contribution in [2.45, 2.75) is 84.4 Å². The maximum atomic E-state index is 6.27. The Morgan fingerprint density at radius 3 is 2.40 bits per heavy atom. The van der Waals surface area contributed by atoms with Gasteiger partial charge in [0.05, 0.1) is 6.10 Å². The van der Waals surface area contributed by atoms with E-state index in [1.807, 2.05) is 12.1 Å². The van der Waals surface area contributed by atoms with E-state index in [1.165, 1.54) is 44.1 Å². The molecule has 0 radical (unpaired) electrons. The molecular formula is C22H32ClNO. The molecule has 5 rings (SSSR count). The summed E-state index contributed by atoms with van der Waals surface area (Å²) >= 11 is 6.27. The fourth-order valence-corrected chi connectivity index (χ4v) is 7.18. The number of hydrogen-bond donors (Lipinski definition) is 1. The van der Waals surface area contributed by atoms with Crippen molar-refractivity contribution in [2.75, 3.05) is 0 Å². The molecule has 0 saturated heterocycles. The largest absolute Gasteiger partial charge is 0.491 e. The first-order valence-corrected chi connectivity index (χ1v) is 10.3. The number of benzene rings is 1. The predicted molar refractivity (Wildman–Crippen MR) is 104 cm³/mol. The Kier molecular flexibility index (Phi) is 4.16. The summed E-state index contributed by atoms with van der Waals surface area (Å²) in [7, 11) is 0. The molecule has 4 aliphatic carbocycles. The first kappa shape index (κ1) is 17.7. The predicted octanol–water partition coefficient (Wildman–Crippen LogP) is 5.97. The molecule has 4 bridgehead atoms. The Morgan fingerprint density at radius 2 is 1.80 bits per heavy atom. The third-order valence-corrected chi connectivity index (χ3v) is 6.90. The van der Waals surface area contributed by atoms with Crippen LogP contribution in [0.4, 0.5) is 0 Å². The van der Waals surface area contributed by atoms with Crippen LogP contribution in [0.2, 0.25) is 5.02 Å². The van der Waals surface area contributed by atoms with E-state index in [1.54, 1.807) is 0 Å². The van der Waals surface area contributed by atoms with Gasteiger partial charge in [0.2, 0.25) is 0 Å². The normalized spacial score (nSPS) is 39.2. The second-order valence-corrected chi connectivity index (χ2v) is 10.6. The lowest BCUT2D eigenvalue weighted by atomic mass is 9.43. The van der Waals surface area contributed by atoms with Crippen molar-refractivity contribution in [1.29, 1.82) is 0 Å². The molecule has 3 heteroatoms. The van der Waals surface area contributed by atoms with E-state index < -0.39 is 0 Å². The summed E-state index contributed by atoms with van der Waals surface area (Å²) in [5.74, 6) is 1.87. The molecule has 138 valence electrons. The van der Waals surface area contributed by atoms with Crippen molar-refractivity contribution in [3.8, 4) is 5.75 Å². The van der Waals surface area contributed by atoms with Gasteiger partial charge in [-0.1, -0.05) is 25.4 Å². The van der Waals surface area contributed by atoms with Crippen LogP contribution >= 0.6 is 11.6 Å². The lowest BCUT2D eigenvalue weighted by molar-refractivity contribution is -0.118. The maximum Gasteiger partial charge on any atom is 0.124 e. The Hall–Kier alpha value is -0.730. The molecule has 0 heterocycles. The highest BCUT2D eigenvalue weighted by atomic mass is 35.5. The van der Waals surface area contributed by atoms with Gasteiger partial charge in [-0.25, -0.2) is 0 Å². The van der Waals surface area contributed by atoms with Crippen LogP contribution in [0.5, 0.6) is 5.75 Å². The van der Waals surface area contributed by atoms with E-state index in [4.69, 9.17) is 16.3 Å². The first-order valence-electron chi connectivity index (χ1n) is 9.89. The van der Waals surface area contributed by atoms with Crippen LogP contribution in [-0.4, -0.2) is 11.6 Å². The van der Waals surface area contributed by atoms with E-state index in [0.29, 0.717) is 16.4 Å². The molecule has 0 aliphatic heterocycles. The van der Waals surface area contributed by atoms with Gasteiger partial charge in [-0.05, 0) is 87.3 Å². The van der Waals surface area contributed by atoms with E-state index in [9.17, 15) is 0 Å². The van der Waals surface area contributed by atoms with Crippen molar-refractivity contribution in [3.63, 3.8) is 0 Å². The number of nitrogens with one attached hydrogen (secondary N) is 1. The molecule has 2 unspecified atom stereocenters. The van der Waals surface area contributed by atoms with Crippen molar-refractivity contribution in [2.24, 2.45) is 16.7 Å². The molecule has 2 atom stereocenters. The second kappa shape index (κ2) is 5.89. The fraction of sp³-hybridized carbons (Fsp3) is 0.727. The highest BCUT2D eigenvalue weighted by molar-refractivity contribution is 6.30. The zero-order valence-corrected chi connectivity index (χ0v) is 16.9. The summed E-state index contributed by atoms with van der Waals surface area (Å²) in [4.78, 5) is 0. The van der Waals surface area contributed by atoms with E-state index in [-0.39, 0.29) is 6.10 Å². The van der Waals surface area contributed by atoms with Gasteiger partial charge in [-0.3, -0.25) is 0 Å². The zero-order chi connectivity index (χ0) is 17.9. The summed E-state index contributed by atoms with van der Waals surface area (Å²) in [6.07, 6.45) is 8.46. The molecule has 1 N–H and O–H groups in total. The summed E-state index contributed by atoms with van der Waals surface area (Å²) in [6, 6.07) is 6.01. The van der Waals surface area contributed by atoms with E-state index >= 15 is 0 Å². The molecular weight excluding hydrogens is 330 g/mol. The minimum absolute atomic E-state index is 0.178. The Bertz CT molecular complexity index is 652. The van der Waals surface area contributed by atoms with Crippen LogP contribution in [-0.2, 0) is 6.54 Å². The monoisotopic (exact) mass is 361 g/mol. The van der Waals surface area contributed by atoms with Crippen LogP contribution in [0.3, 0.4) is 0 Å². The summed E-state index contributed by atoms with van der Waals surface area (Å²) < 4.78 is 6.01. The van der Waals surface area contributed by atoms with Crippen LogP contribution in [0.25, 0.3) is 0 Å². The van der Waals surface area contributed by atoms with Crippen LogP contribution in [0, 0.1) is 16.7 Å². The number of hydrogen-bond acceptors (Lipinski definition) is 2. The van der Waals surface area contributed by atoms with E-state index in [0.717, 1.165) is 23.2 Å². The van der Waals surface area contributed by atoms with E-state index in [2.05, 4.69) is 39.1 Å². The minimum atomic E-state index is 0.178. The van der Waals surface area contributed by atoms with Gasteiger partial charge in [0, 0.05) is 22.7 Å². The average Bonchev–Trinajstić information content (AvgIpc) is 2.43. The Morgan fingerprint density at radius 1 is 1.12 bits per heavy atom. The highest BCUT2D eigenvalue weighted by Crippen LogP contribution is 2.66. The van der Waals surface area contributed by atoms with Gasteiger partial charge in [-0.2, -0.15) is 0 Å². The van der Waals surface area contributed by atoms with Gasteiger partial charge < -0.3 is 10.1 Å². The second-order valence-electron chi connectivity index (χ2n) is 10.2. The third kappa shape index (κ3) is 3.45. The lowest BCUT2D eigenvalue weighted by Gasteiger charge is -2.65. The smallest absolute Gasteiger partial charge is 0.124 e. The number of ether oxygens (including phenoxy) is 1. The summed E-state index contributed by atoms with van der Waals surface area (Å²) in [6.45, 7) is 10.1. The maximum absolute atomic E-state index is 6.27. The van der Waals surface area contributed by atoms with Crippen molar-refractivity contribution < 1.29 is 4.74 Å². The summed E-state index contributed by atoms with van der Waals surface area (Å²) in [5, 5.41) is 4.79. The van der Waals surface area contributed by atoms with Gasteiger partial charge in [0.1, 0.15) is 5.75 Å². The van der Waals surface area contributed by atoms with Crippen molar-refractivity contribution in [3.05, 3.63) is 28.8 Å². The molecule has 1 aromatic carbocycles. The molecule has 2 nitrogen and oxygen atoms in total. The van der Waals surface area contributed by atoms with Gasteiger partial charge in [-0.15, -0.1) is 0 Å². The Labute approximate surface area is 157 Å². The van der Waals surface area contributed by atoms with Gasteiger partial charge in [0.25, 0.3) is 0 Å². The molecule has 4 saturated carbocycles. The molecule has 1 aromatic rings.